The number of halogens is 1. The van der Waals surface area contributed by atoms with E-state index in [-0.39, 0.29) is 34.5 Å². The lowest BCUT2D eigenvalue weighted by Crippen LogP contribution is -2.48. The molecule has 4 aromatic rings. The Morgan fingerprint density at radius 1 is 1.02 bits per heavy atom. The molecule has 12 heteroatoms. The monoisotopic (exact) mass is 615 g/mol. The van der Waals surface area contributed by atoms with Gasteiger partial charge in [-0.25, -0.2) is 13.4 Å². The molecule has 9 nitrogen and oxygen atoms in total. The Balaban J connectivity index is 0.00000387. The Kier molecular flexibility index (Phi) is 10.1. The molecule has 0 spiro atoms. The second-order valence-electron chi connectivity index (χ2n) is 9.56. The molecule has 0 bridgehead atoms. The number of thiazole rings is 1. The quantitative estimate of drug-likeness (QED) is 0.268. The van der Waals surface area contributed by atoms with Crippen LogP contribution in [0.4, 0.5) is 10.8 Å². The number of carbonyl (C=O) groups excluding carboxylic acids is 1. The van der Waals surface area contributed by atoms with Crippen molar-refractivity contribution in [2.24, 2.45) is 0 Å². The van der Waals surface area contributed by atoms with Crippen molar-refractivity contribution in [1.29, 1.82) is 0 Å². The standard InChI is InChI=1S/C29H33N5O4S2.ClH/c1-3-21-8-13-26-27(20-21)39-29(31-26)34-18-16-33(17-19-34)15-14-30-28(35)24-6-4-5-7-25(24)32-40(36,37)23-11-9-22(38-2)10-12-23;/h4-13,20,32H,3,14-19H2,1-2H3,(H,30,35);1H. The Morgan fingerprint density at radius 3 is 2.46 bits per heavy atom. The van der Waals surface area contributed by atoms with Crippen molar-refractivity contribution in [3.05, 3.63) is 77.9 Å². The van der Waals surface area contributed by atoms with Gasteiger partial charge < -0.3 is 15.0 Å². The van der Waals surface area contributed by atoms with Crippen LogP contribution in [-0.4, -0.2) is 70.6 Å². The summed E-state index contributed by atoms with van der Waals surface area (Å²) in [5, 5.41) is 4.00. The van der Waals surface area contributed by atoms with Crippen molar-refractivity contribution in [2.45, 2.75) is 18.2 Å². The molecular formula is C29H34ClN5O4S2. The van der Waals surface area contributed by atoms with Crippen LogP contribution in [0.25, 0.3) is 10.2 Å². The van der Waals surface area contributed by atoms with Gasteiger partial charge in [-0.2, -0.15) is 0 Å². The van der Waals surface area contributed by atoms with Crippen molar-refractivity contribution < 1.29 is 17.9 Å². The summed E-state index contributed by atoms with van der Waals surface area (Å²) in [5.74, 6) is 0.231. The third-order valence-corrected chi connectivity index (χ3v) is 9.45. The Bertz CT molecular complexity index is 1590. The second-order valence-corrected chi connectivity index (χ2v) is 12.3. The maximum atomic E-state index is 13.0. The summed E-state index contributed by atoms with van der Waals surface area (Å²) in [6, 6.07) is 19.2. The van der Waals surface area contributed by atoms with Crippen LogP contribution in [0.2, 0.25) is 0 Å². The maximum Gasteiger partial charge on any atom is 0.261 e. The molecule has 3 aromatic carbocycles. The third kappa shape index (κ3) is 7.28. The number of ether oxygens (including phenoxy) is 1. The number of methoxy groups -OCH3 is 1. The number of aromatic nitrogens is 1. The molecule has 1 saturated heterocycles. The van der Waals surface area contributed by atoms with Gasteiger partial charge in [0.1, 0.15) is 5.75 Å². The number of anilines is 2. The van der Waals surface area contributed by atoms with Gasteiger partial charge in [-0.3, -0.25) is 14.4 Å². The number of hydrogen-bond donors (Lipinski definition) is 2. The molecule has 2 heterocycles. The zero-order chi connectivity index (χ0) is 28.1. The lowest BCUT2D eigenvalue weighted by Gasteiger charge is -2.34. The van der Waals surface area contributed by atoms with Crippen molar-refractivity contribution in [1.82, 2.24) is 15.2 Å². The van der Waals surface area contributed by atoms with Crippen LogP contribution >= 0.6 is 23.7 Å². The van der Waals surface area contributed by atoms with Gasteiger partial charge in [-0.15, -0.1) is 12.4 Å². The molecule has 0 saturated carbocycles. The molecule has 1 aliphatic heterocycles. The number of nitrogens with one attached hydrogen (secondary N) is 2. The molecule has 0 aliphatic carbocycles. The second kappa shape index (κ2) is 13.5. The van der Waals surface area contributed by atoms with E-state index in [2.05, 4.69) is 45.0 Å². The molecule has 41 heavy (non-hydrogen) atoms. The topological polar surface area (TPSA) is 104 Å². The molecule has 5 rings (SSSR count). The van der Waals surface area contributed by atoms with Gasteiger partial charge >= 0.3 is 0 Å². The molecule has 1 amide bonds. The van der Waals surface area contributed by atoms with E-state index in [1.54, 1.807) is 47.7 Å². The third-order valence-electron chi connectivity index (χ3n) is 6.99. The van der Waals surface area contributed by atoms with Crippen LogP contribution in [0.5, 0.6) is 5.75 Å². The molecular weight excluding hydrogens is 582 g/mol. The van der Waals surface area contributed by atoms with Gasteiger partial charge in [0, 0.05) is 39.3 Å². The number of nitrogens with zero attached hydrogens (tertiary/aromatic N) is 3. The highest BCUT2D eigenvalue weighted by Gasteiger charge is 2.21. The molecule has 218 valence electrons. The average molecular weight is 616 g/mol. The van der Waals surface area contributed by atoms with Crippen molar-refractivity contribution in [3.63, 3.8) is 0 Å². The van der Waals surface area contributed by atoms with Crippen LogP contribution in [0.1, 0.15) is 22.8 Å². The highest BCUT2D eigenvalue weighted by atomic mass is 35.5. The highest BCUT2D eigenvalue weighted by Crippen LogP contribution is 2.30. The fourth-order valence-electron chi connectivity index (χ4n) is 4.63. The van der Waals surface area contributed by atoms with E-state index in [1.165, 1.54) is 29.5 Å². The zero-order valence-electron chi connectivity index (χ0n) is 23.0. The van der Waals surface area contributed by atoms with E-state index >= 15 is 0 Å². The number of sulfonamides is 1. The van der Waals surface area contributed by atoms with Gasteiger partial charge in [0.2, 0.25) is 0 Å². The predicted octanol–water partition coefficient (Wildman–Crippen LogP) is 4.64. The molecule has 0 radical (unpaired) electrons. The van der Waals surface area contributed by atoms with Crippen molar-refractivity contribution in [2.75, 3.05) is 56.0 Å². The van der Waals surface area contributed by atoms with Crippen molar-refractivity contribution >= 4 is 60.7 Å². The number of benzene rings is 3. The van der Waals surface area contributed by atoms with E-state index in [4.69, 9.17) is 9.72 Å². The van der Waals surface area contributed by atoms with Crippen molar-refractivity contribution in [3.8, 4) is 5.75 Å². The molecule has 1 aromatic heterocycles. The van der Waals surface area contributed by atoms with Gasteiger partial charge in [-0.1, -0.05) is 36.5 Å². The average Bonchev–Trinajstić information content (AvgIpc) is 3.41. The Hall–Kier alpha value is -3.38. The van der Waals surface area contributed by atoms with E-state index in [9.17, 15) is 13.2 Å². The lowest BCUT2D eigenvalue weighted by molar-refractivity contribution is 0.0948. The lowest BCUT2D eigenvalue weighted by atomic mass is 10.1. The number of rotatable bonds is 10. The first-order chi connectivity index (χ1) is 19.4. The summed E-state index contributed by atoms with van der Waals surface area (Å²) in [5.41, 5.74) is 2.87. The largest absolute Gasteiger partial charge is 0.497 e. The summed E-state index contributed by atoms with van der Waals surface area (Å²) in [6.45, 7) is 6.84. The molecule has 0 unspecified atom stereocenters. The minimum Gasteiger partial charge on any atom is -0.497 e. The fraction of sp³-hybridized carbons (Fsp3) is 0.310. The number of piperazine rings is 1. The smallest absolute Gasteiger partial charge is 0.261 e. The summed E-state index contributed by atoms with van der Waals surface area (Å²) in [6.07, 6.45) is 1.02. The number of fused-ring (bicyclic) bond motifs is 1. The minimum atomic E-state index is -3.88. The summed E-state index contributed by atoms with van der Waals surface area (Å²) < 4.78 is 34.7. The molecule has 1 aliphatic rings. The number of carbonyl (C=O) groups is 1. The summed E-state index contributed by atoms with van der Waals surface area (Å²) in [7, 11) is -2.36. The van der Waals surface area contributed by atoms with Crippen LogP contribution < -0.4 is 19.7 Å². The summed E-state index contributed by atoms with van der Waals surface area (Å²) in [4.78, 5) is 22.5. The maximum absolute atomic E-state index is 13.0. The Labute approximate surface area is 251 Å². The van der Waals surface area contributed by atoms with Gasteiger partial charge in [-0.05, 0) is 60.5 Å². The number of para-hydroxylation sites is 1. The van der Waals surface area contributed by atoms with Crippen LogP contribution in [0, 0.1) is 0 Å². The van der Waals surface area contributed by atoms with Crippen LogP contribution in [0.3, 0.4) is 0 Å². The predicted molar refractivity (Wildman–Crippen MR) is 167 cm³/mol. The van der Waals surface area contributed by atoms with E-state index in [0.717, 1.165) is 43.2 Å². The van der Waals surface area contributed by atoms with E-state index in [1.807, 2.05) is 0 Å². The first-order valence-electron chi connectivity index (χ1n) is 13.3. The van der Waals surface area contributed by atoms with Crippen LogP contribution in [-0.2, 0) is 16.4 Å². The first kappa shape index (κ1) is 30.6. The number of amides is 1. The Morgan fingerprint density at radius 2 is 1.76 bits per heavy atom. The van der Waals surface area contributed by atoms with Gasteiger partial charge in [0.05, 0.1) is 33.5 Å². The minimum absolute atomic E-state index is 0. The first-order valence-corrected chi connectivity index (χ1v) is 15.6. The number of hydrogen-bond acceptors (Lipinski definition) is 8. The summed E-state index contributed by atoms with van der Waals surface area (Å²) >= 11 is 1.74. The van der Waals surface area contributed by atoms with Crippen LogP contribution in [0.15, 0.2) is 71.6 Å². The molecule has 0 atom stereocenters. The van der Waals surface area contributed by atoms with E-state index in [0.29, 0.717) is 18.8 Å². The number of aryl methyl sites for hydroxylation is 1. The molecule has 1 fully saturated rings. The molecule has 2 N–H and O–H groups in total. The zero-order valence-corrected chi connectivity index (χ0v) is 25.4. The SMILES string of the molecule is CCc1ccc2nc(N3CCN(CCNC(=O)c4ccccc4NS(=O)(=O)c4ccc(OC)cc4)CC3)sc2c1.Cl. The highest BCUT2D eigenvalue weighted by molar-refractivity contribution is 7.92. The van der Waals surface area contributed by atoms with E-state index < -0.39 is 10.0 Å². The van der Waals surface area contributed by atoms with Gasteiger partial charge in [0.25, 0.3) is 15.9 Å². The van der Waals surface area contributed by atoms with Gasteiger partial charge in [0.15, 0.2) is 5.13 Å². The normalized spacial score (nSPS) is 14.0. The fourth-order valence-corrected chi connectivity index (χ4v) is 6.79.